The zero-order valence-electron chi connectivity index (χ0n) is 15.8. The average molecular weight is 362 g/mol. The molecule has 0 amide bonds. The van der Waals surface area contributed by atoms with Crippen LogP contribution in [0.5, 0.6) is 0 Å². The summed E-state index contributed by atoms with van der Waals surface area (Å²) in [6.45, 7) is 12.4. The molecule has 1 saturated carbocycles. The number of carbonyl (C=O) groups is 1. The summed E-state index contributed by atoms with van der Waals surface area (Å²) in [4.78, 5) is 11.4. The van der Waals surface area contributed by atoms with E-state index < -0.39 is 29.9 Å². The maximum atomic E-state index is 13.4. The molecule has 144 valence electrons. The van der Waals surface area contributed by atoms with Crippen LogP contribution in [-0.4, -0.2) is 29.5 Å². The zero-order chi connectivity index (χ0) is 19.4. The van der Waals surface area contributed by atoms with Gasteiger partial charge < -0.3 is 9.84 Å². The first-order valence-electron chi connectivity index (χ1n) is 8.79. The van der Waals surface area contributed by atoms with E-state index in [2.05, 4.69) is 20.8 Å². The SMILES string of the molecule is CC(C)(C)C1CC2C=C(C(=O)O)C(C(F)(F)F)OC2C(C(C)(C)C)C1. The van der Waals surface area contributed by atoms with Crippen molar-refractivity contribution in [1.82, 2.24) is 0 Å². The van der Waals surface area contributed by atoms with Crippen LogP contribution in [-0.2, 0) is 9.53 Å². The highest BCUT2D eigenvalue weighted by Gasteiger charge is 2.55. The van der Waals surface area contributed by atoms with Gasteiger partial charge in [-0.15, -0.1) is 0 Å². The van der Waals surface area contributed by atoms with Gasteiger partial charge in [0.15, 0.2) is 6.10 Å². The minimum absolute atomic E-state index is 0.00652. The molecule has 0 saturated heterocycles. The topological polar surface area (TPSA) is 46.5 Å². The highest BCUT2D eigenvalue weighted by atomic mass is 19.4. The quantitative estimate of drug-likeness (QED) is 0.709. The second kappa shape index (κ2) is 6.29. The van der Waals surface area contributed by atoms with Crippen LogP contribution >= 0.6 is 0 Å². The number of ether oxygens (including phenoxy) is 1. The van der Waals surface area contributed by atoms with Gasteiger partial charge in [-0.25, -0.2) is 4.79 Å². The van der Waals surface area contributed by atoms with Crippen molar-refractivity contribution < 1.29 is 27.8 Å². The molecule has 0 aromatic carbocycles. The molecule has 0 aromatic rings. The Hall–Kier alpha value is -1.04. The Morgan fingerprint density at radius 1 is 1.08 bits per heavy atom. The van der Waals surface area contributed by atoms with Crippen molar-refractivity contribution in [1.29, 1.82) is 0 Å². The van der Waals surface area contributed by atoms with Crippen molar-refractivity contribution in [3.8, 4) is 0 Å². The van der Waals surface area contributed by atoms with E-state index in [1.54, 1.807) is 0 Å². The third-order valence-electron chi connectivity index (χ3n) is 5.76. The molecular weight excluding hydrogens is 333 g/mol. The molecule has 0 bridgehead atoms. The molecule has 5 atom stereocenters. The predicted molar refractivity (Wildman–Crippen MR) is 89.0 cm³/mol. The van der Waals surface area contributed by atoms with Crippen LogP contribution < -0.4 is 0 Å². The Morgan fingerprint density at radius 2 is 1.64 bits per heavy atom. The summed E-state index contributed by atoms with van der Waals surface area (Å²) in [6, 6.07) is 0. The Bertz CT molecular complexity index is 552. The standard InChI is InChI=1S/C19H29F3O3/c1-17(2,3)11-7-10-8-12(16(23)24)15(19(20,21)22)25-14(10)13(9-11)18(4,5)6/h8,10-11,13-15H,7,9H2,1-6H3,(H,23,24). The van der Waals surface area contributed by atoms with Crippen LogP contribution in [0, 0.1) is 28.6 Å². The molecule has 1 aliphatic carbocycles. The van der Waals surface area contributed by atoms with Gasteiger partial charge >= 0.3 is 12.1 Å². The van der Waals surface area contributed by atoms with Gasteiger partial charge in [0.2, 0.25) is 0 Å². The summed E-state index contributed by atoms with van der Waals surface area (Å²) >= 11 is 0. The average Bonchev–Trinajstić information content (AvgIpc) is 2.41. The van der Waals surface area contributed by atoms with Crippen LogP contribution in [0.3, 0.4) is 0 Å². The molecule has 5 unspecified atom stereocenters. The van der Waals surface area contributed by atoms with Gasteiger partial charge in [0, 0.05) is 5.92 Å². The fourth-order valence-electron chi connectivity index (χ4n) is 4.20. The smallest absolute Gasteiger partial charge is 0.419 e. The first-order chi connectivity index (χ1) is 11.1. The van der Waals surface area contributed by atoms with Crippen molar-refractivity contribution in [3.63, 3.8) is 0 Å². The number of carboxylic acids is 1. The van der Waals surface area contributed by atoms with Gasteiger partial charge in [-0.05, 0) is 35.5 Å². The molecule has 1 heterocycles. The summed E-state index contributed by atoms with van der Waals surface area (Å²) in [7, 11) is 0. The Balaban J connectivity index is 2.48. The van der Waals surface area contributed by atoms with Crippen LogP contribution in [0.15, 0.2) is 11.6 Å². The summed E-state index contributed by atoms with van der Waals surface area (Å²) in [6.07, 6.45) is -4.91. The fraction of sp³-hybridized carbons (Fsp3) is 0.842. The molecular formula is C19H29F3O3. The minimum atomic E-state index is -4.72. The van der Waals surface area contributed by atoms with Gasteiger partial charge in [0.1, 0.15) is 0 Å². The largest absolute Gasteiger partial charge is 0.478 e. The second-order valence-corrected chi connectivity index (χ2v) is 9.62. The summed E-state index contributed by atoms with van der Waals surface area (Å²) in [5.74, 6) is -1.61. The fourth-order valence-corrected chi connectivity index (χ4v) is 4.20. The van der Waals surface area contributed by atoms with Crippen molar-refractivity contribution in [2.24, 2.45) is 28.6 Å². The van der Waals surface area contributed by atoms with Crippen LogP contribution in [0.2, 0.25) is 0 Å². The first-order valence-corrected chi connectivity index (χ1v) is 8.79. The van der Waals surface area contributed by atoms with Crippen LogP contribution in [0.4, 0.5) is 13.2 Å². The summed E-state index contributed by atoms with van der Waals surface area (Å²) in [5, 5.41) is 9.27. The van der Waals surface area contributed by atoms with Crippen molar-refractivity contribution in [2.45, 2.75) is 72.8 Å². The molecule has 6 heteroatoms. The third-order valence-corrected chi connectivity index (χ3v) is 5.76. The lowest BCUT2D eigenvalue weighted by Gasteiger charge is -2.52. The molecule has 0 aromatic heterocycles. The highest BCUT2D eigenvalue weighted by Crippen LogP contribution is 2.52. The number of carboxylic acid groups (broad SMARTS) is 1. The number of hydrogen-bond donors (Lipinski definition) is 1. The number of aliphatic carboxylic acids is 1. The molecule has 25 heavy (non-hydrogen) atoms. The van der Waals surface area contributed by atoms with Crippen molar-refractivity contribution in [2.75, 3.05) is 0 Å². The van der Waals surface area contributed by atoms with E-state index in [1.807, 2.05) is 20.8 Å². The first kappa shape index (κ1) is 20.3. The normalized spacial score (nSPS) is 34.3. The molecule has 0 spiro atoms. The Morgan fingerprint density at radius 3 is 2.04 bits per heavy atom. The molecule has 3 nitrogen and oxygen atoms in total. The summed E-state index contributed by atoms with van der Waals surface area (Å²) in [5.41, 5.74) is -0.889. The lowest BCUT2D eigenvalue weighted by atomic mass is 9.58. The van der Waals surface area contributed by atoms with Crippen LogP contribution in [0.1, 0.15) is 54.4 Å². The molecule has 1 aliphatic heterocycles. The van der Waals surface area contributed by atoms with E-state index in [0.29, 0.717) is 12.3 Å². The third kappa shape index (κ3) is 4.21. The van der Waals surface area contributed by atoms with Gasteiger partial charge in [-0.2, -0.15) is 13.2 Å². The van der Waals surface area contributed by atoms with Gasteiger partial charge in [0.05, 0.1) is 11.7 Å². The van der Waals surface area contributed by atoms with Crippen LogP contribution in [0.25, 0.3) is 0 Å². The molecule has 2 aliphatic rings. The number of alkyl halides is 3. The van der Waals surface area contributed by atoms with E-state index in [0.717, 1.165) is 6.42 Å². The molecule has 1 fully saturated rings. The molecule has 1 N–H and O–H groups in total. The van der Waals surface area contributed by atoms with Gasteiger partial charge in [0.25, 0.3) is 0 Å². The highest BCUT2D eigenvalue weighted by molar-refractivity contribution is 5.88. The monoisotopic (exact) mass is 362 g/mol. The van der Waals surface area contributed by atoms with E-state index in [-0.39, 0.29) is 22.7 Å². The van der Waals surface area contributed by atoms with E-state index >= 15 is 0 Å². The lowest BCUT2D eigenvalue weighted by Crippen LogP contribution is -2.53. The van der Waals surface area contributed by atoms with E-state index in [9.17, 15) is 23.1 Å². The number of rotatable bonds is 1. The van der Waals surface area contributed by atoms with Crippen molar-refractivity contribution >= 4 is 5.97 Å². The number of halogens is 3. The molecule has 0 radical (unpaired) electrons. The molecule has 2 rings (SSSR count). The summed E-state index contributed by atoms with van der Waals surface area (Å²) < 4.78 is 45.6. The van der Waals surface area contributed by atoms with Gasteiger partial charge in [-0.1, -0.05) is 47.6 Å². The Kier molecular flexibility index (Phi) is 5.10. The lowest BCUT2D eigenvalue weighted by molar-refractivity contribution is -0.246. The number of hydrogen-bond acceptors (Lipinski definition) is 2. The maximum absolute atomic E-state index is 13.4. The predicted octanol–water partition coefficient (Wildman–Crippen LogP) is 5.06. The second-order valence-electron chi connectivity index (χ2n) is 9.62. The van der Waals surface area contributed by atoms with Crippen molar-refractivity contribution in [3.05, 3.63) is 11.6 Å². The zero-order valence-corrected chi connectivity index (χ0v) is 15.8. The maximum Gasteiger partial charge on any atom is 0.419 e. The minimum Gasteiger partial charge on any atom is -0.478 e. The Labute approximate surface area is 147 Å². The van der Waals surface area contributed by atoms with E-state index in [1.165, 1.54) is 6.08 Å². The van der Waals surface area contributed by atoms with E-state index in [4.69, 9.17) is 4.74 Å². The van der Waals surface area contributed by atoms with Gasteiger partial charge in [-0.3, -0.25) is 0 Å². The number of fused-ring (bicyclic) bond motifs is 1.